The van der Waals surface area contributed by atoms with Crippen molar-refractivity contribution in [1.29, 1.82) is 0 Å². The predicted octanol–water partition coefficient (Wildman–Crippen LogP) is 2.56. The molecule has 0 saturated heterocycles. The van der Waals surface area contributed by atoms with Gasteiger partial charge in [-0.05, 0) is 38.0 Å². The van der Waals surface area contributed by atoms with E-state index in [1.807, 2.05) is 0 Å². The molecule has 1 N–H and O–H groups in total. The molecule has 1 aliphatic carbocycles. The quantitative estimate of drug-likeness (QED) is 0.570. The number of terminal acetylenes is 1. The van der Waals surface area contributed by atoms with Gasteiger partial charge in [0.05, 0.1) is 19.1 Å². The van der Waals surface area contributed by atoms with E-state index in [0.29, 0.717) is 23.7 Å². The summed E-state index contributed by atoms with van der Waals surface area (Å²) in [6, 6.07) is 4.87. The zero-order valence-electron chi connectivity index (χ0n) is 15.3. The number of hydrogen-bond acceptors (Lipinski definition) is 5. The highest BCUT2D eigenvalue weighted by atomic mass is 16.5. The molecule has 1 aromatic carbocycles. The summed E-state index contributed by atoms with van der Waals surface area (Å²) >= 11 is 0. The Labute approximate surface area is 154 Å². The normalized spacial score (nSPS) is 15.0. The Kier molecular flexibility index (Phi) is 6.90. The molecule has 0 spiro atoms. The fraction of sp³-hybridized carbons (Fsp3) is 0.500. The SMILES string of the molecule is C#CCOc1ccc(C(=O)NCC2(C(=O)OCC)CCCC2)cc1OC. The third kappa shape index (κ3) is 4.48. The molecule has 6 nitrogen and oxygen atoms in total. The number of esters is 1. The summed E-state index contributed by atoms with van der Waals surface area (Å²) in [4.78, 5) is 24.9. The van der Waals surface area contributed by atoms with Crippen molar-refractivity contribution in [3.63, 3.8) is 0 Å². The van der Waals surface area contributed by atoms with Crippen molar-refractivity contribution in [2.24, 2.45) is 5.41 Å². The molecule has 140 valence electrons. The minimum absolute atomic E-state index is 0.115. The van der Waals surface area contributed by atoms with Gasteiger partial charge in [0.15, 0.2) is 11.5 Å². The Morgan fingerprint density at radius 1 is 1.27 bits per heavy atom. The summed E-state index contributed by atoms with van der Waals surface area (Å²) in [5, 5.41) is 2.87. The average Bonchev–Trinajstić information content (AvgIpc) is 3.14. The van der Waals surface area contributed by atoms with E-state index >= 15 is 0 Å². The van der Waals surface area contributed by atoms with Crippen LogP contribution in [0.3, 0.4) is 0 Å². The molecule has 2 rings (SSSR count). The van der Waals surface area contributed by atoms with Gasteiger partial charge in [-0.25, -0.2) is 0 Å². The molecular formula is C20H25NO5. The lowest BCUT2D eigenvalue weighted by Crippen LogP contribution is -2.42. The Balaban J connectivity index is 2.07. The van der Waals surface area contributed by atoms with Crippen LogP contribution in [0.2, 0.25) is 0 Å². The van der Waals surface area contributed by atoms with Crippen LogP contribution in [0.15, 0.2) is 18.2 Å². The van der Waals surface area contributed by atoms with Crippen LogP contribution in [0.4, 0.5) is 0 Å². The van der Waals surface area contributed by atoms with Crippen molar-refractivity contribution in [1.82, 2.24) is 5.32 Å². The summed E-state index contributed by atoms with van der Waals surface area (Å²) in [5.74, 6) is 2.77. The van der Waals surface area contributed by atoms with E-state index in [1.165, 1.54) is 7.11 Å². The van der Waals surface area contributed by atoms with Gasteiger partial charge in [0.1, 0.15) is 6.61 Å². The molecule has 1 fully saturated rings. The average molecular weight is 359 g/mol. The number of benzene rings is 1. The van der Waals surface area contributed by atoms with Crippen molar-refractivity contribution >= 4 is 11.9 Å². The number of carbonyl (C=O) groups excluding carboxylic acids is 2. The van der Waals surface area contributed by atoms with Gasteiger partial charge < -0.3 is 19.5 Å². The lowest BCUT2D eigenvalue weighted by Gasteiger charge is -2.26. The third-order valence-corrected chi connectivity index (χ3v) is 4.59. The zero-order chi connectivity index (χ0) is 19.0. The molecule has 1 amide bonds. The first-order valence-electron chi connectivity index (χ1n) is 8.76. The largest absolute Gasteiger partial charge is 0.493 e. The second-order valence-corrected chi connectivity index (χ2v) is 6.25. The standard InChI is InChI=1S/C20H25NO5/c1-4-12-26-16-9-8-15(13-17(16)24-3)18(22)21-14-20(10-6-7-11-20)19(23)25-5-2/h1,8-9,13H,5-7,10-12,14H2,2-3H3,(H,21,22). The van der Waals surface area contributed by atoms with Crippen molar-refractivity contribution in [3.8, 4) is 23.8 Å². The third-order valence-electron chi connectivity index (χ3n) is 4.59. The number of ether oxygens (including phenoxy) is 3. The van der Waals surface area contributed by atoms with E-state index < -0.39 is 5.41 Å². The number of methoxy groups -OCH3 is 1. The number of carbonyl (C=O) groups is 2. The maximum Gasteiger partial charge on any atom is 0.313 e. The van der Waals surface area contributed by atoms with E-state index in [2.05, 4.69) is 11.2 Å². The van der Waals surface area contributed by atoms with Crippen LogP contribution in [0.25, 0.3) is 0 Å². The van der Waals surface area contributed by atoms with Crippen LogP contribution in [-0.4, -0.2) is 38.7 Å². The first-order valence-corrected chi connectivity index (χ1v) is 8.76. The van der Waals surface area contributed by atoms with Gasteiger partial charge in [-0.1, -0.05) is 18.8 Å². The molecule has 1 aromatic rings. The van der Waals surface area contributed by atoms with Crippen LogP contribution in [0, 0.1) is 17.8 Å². The zero-order valence-corrected chi connectivity index (χ0v) is 15.3. The molecule has 0 radical (unpaired) electrons. The molecule has 26 heavy (non-hydrogen) atoms. The Morgan fingerprint density at radius 2 is 2.00 bits per heavy atom. The highest BCUT2D eigenvalue weighted by Crippen LogP contribution is 2.39. The molecule has 6 heteroatoms. The van der Waals surface area contributed by atoms with Gasteiger partial charge in [-0.3, -0.25) is 9.59 Å². The fourth-order valence-corrected chi connectivity index (χ4v) is 3.19. The highest BCUT2D eigenvalue weighted by Gasteiger charge is 2.42. The van der Waals surface area contributed by atoms with Gasteiger partial charge >= 0.3 is 5.97 Å². The fourth-order valence-electron chi connectivity index (χ4n) is 3.19. The van der Waals surface area contributed by atoms with Crippen LogP contribution >= 0.6 is 0 Å². The van der Waals surface area contributed by atoms with Crippen LogP contribution < -0.4 is 14.8 Å². The molecule has 1 saturated carbocycles. The van der Waals surface area contributed by atoms with Gasteiger partial charge in [-0.2, -0.15) is 0 Å². The highest BCUT2D eigenvalue weighted by molar-refractivity contribution is 5.95. The first-order chi connectivity index (χ1) is 12.6. The molecule has 0 bridgehead atoms. The first kappa shape index (κ1) is 19.6. The summed E-state index contributed by atoms with van der Waals surface area (Å²) in [5.41, 5.74) is -0.196. The summed E-state index contributed by atoms with van der Waals surface area (Å²) in [7, 11) is 1.49. The molecular weight excluding hydrogens is 334 g/mol. The topological polar surface area (TPSA) is 73.9 Å². The maximum absolute atomic E-state index is 12.5. The lowest BCUT2D eigenvalue weighted by molar-refractivity contribution is -0.154. The van der Waals surface area contributed by atoms with E-state index in [9.17, 15) is 9.59 Å². The van der Waals surface area contributed by atoms with E-state index in [1.54, 1.807) is 25.1 Å². The number of nitrogens with one attached hydrogen (secondary N) is 1. The summed E-state index contributed by atoms with van der Waals surface area (Å²) in [6.45, 7) is 2.51. The molecule has 0 heterocycles. The van der Waals surface area contributed by atoms with Crippen molar-refractivity contribution in [2.75, 3.05) is 26.9 Å². The van der Waals surface area contributed by atoms with Crippen molar-refractivity contribution in [2.45, 2.75) is 32.6 Å². The minimum Gasteiger partial charge on any atom is -0.493 e. The van der Waals surface area contributed by atoms with Crippen LogP contribution in [-0.2, 0) is 9.53 Å². The lowest BCUT2D eigenvalue weighted by atomic mass is 9.86. The smallest absolute Gasteiger partial charge is 0.313 e. The molecule has 0 unspecified atom stereocenters. The van der Waals surface area contributed by atoms with Crippen molar-refractivity contribution < 1.29 is 23.8 Å². The van der Waals surface area contributed by atoms with Gasteiger partial charge in [0, 0.05) is 12.1 Å². The molecule has 0 aliphatic heterocycles. The molecule has 0 aromatic heterocycles. The van der Waals surface area contributed by atoms with Crippen LogP contribution in [0.1, 0.15) is 43.0 Å². The molecule has 0 atom stereocenters. The second-order valence-electron chi connectivity index (χ2n) is 6.25. The van der Waals surface area contributed by atoms with Gasteiger partial charge in [0.2, 0.25) is 0 Å². The van der Waals surface area contributed by atoms with Crippen molar-refractivity contribution in [3.05, 3.63) is 23.8 Å². The van der Waals surface area contributed by atoms with E-state index in [-0.39, 0.29) is 25.0 Å². The summed E-state index contributed by atoms with van der Waals surface area (Å²) in [6.07, 6.45) is 8.57. The number of amides is 1. The van der Waals surface area contributed by atoms with E-state index in [0.717, 1.165) is 25.7 Å². The number of hydrogen-bond donors (Lipinski definition) is 1. The number of rotatable bonds is 8. The maximum atomic E-state index is 12.5. The second kappa shape index (κ2) is 9.14. The Bertz CT molecular complexity index is 686. The Hall–Kier alpha value is -2.68. The van der Waals surface area contributed by atoms with Gasteiger partial charge in [0.25, 0.3) is 5.91 Å². The van der Waals surface area contributed by atoms with Gasteiger partial charge in [-0.15, -0.1) is 6.42 Å². The van der Waals surface area contributed by atoms with Crippen LogP contribution in [0.5, 0.6) is 11.5 Å². The van der Waals surface area contributed by atoms with E-state index in [4.69, 9.17) is 20.6 Å². The monoisotopic (exact) mass is 359 g/mol. The summed E-state index contributed by atoms with van der Waals surface area (Å²) < 4.78 is 15.8. The predicted molar refractivity (Wildman–Crippen MR) is 97.2 cm³/mol. The Morgan fingerprint density at radius 3 is 2.62 bits per heavy atom. The molecule has 1 aliphatic rings. The minimum atomic E-state index is -0.619.